The molecule has 0 spiro atoms. The summed E-state index contributed by atoms with van der Waals surface area (Å²) in [6, 6.07) is 12.7. The number of hydrogen-bond donors (Lipinski definition) is 1. The van der Waals surface area contributed by atoms with Crippen LogP contribution in [0.25, 0.3) is 33.1 Å². The van der Waals surface area contributed by atoms with Gasteiger partial charge in [-0.3, -0.25) is 14.2 Å². The molecule has 2 saturated heterocycles. The number of benzene rings is 2. The monoisotopic (exact) mass is 727 g/mol. The zero-order chi connectivity index (χ0) is 36.3. The number of fused-ring (bicyclic) bond motifs is 12. The Hall–Kier alpha value is -4.91. The van der Waals surface area contributed by atoms with E-state index in [1.807, 2.05) is 73.0 Å². The molecular formula is C38H42ClN7O6. The molecule has 2 aromatic carbocycles. The normalized spacial score (nSPS) is 23.2. The van der Waals surface area contributed by atoms with Gasteiger partial charge in [-0.2, -0.15) is 4.98 Å². The number of amides is 2. The molecule has 13 nitrogen and oxygen atoms in total. The van der Waals surface area contributed by atoms with Crippen molar-refractivity contribution in [3.05, 3.63) is 53.3 Å². The summed E-state index contributed by atoms with van der Waals surface area (Å²) in [5, 5.41) is 4.26. The highest BCUT2D eigenvalue weighted by molar-refractivity contribution is 6.35. The zero-order valence-electron chi connectivity index (χ0n) is 29.7. The van der Waals surface area contributed by atoms with Crippen molar-refractivity contribution in [1.29, 1.82) is 0 Å². The first-order chi connectivity index (χ1) is 24.9. The van der Waals surface area contributed by atoms with Crippen LogP contribution in [0.3, 0.4) is 0 Å². The lowest BCUT2D eigenvalue weighted by molar-refractivity contribution is -0.156. The molecule has 14 heteroatoms. The van der Waals surface area contributed by atoms with Crippen LogP contribution >= 0.6 is 11.6 Å². The van der Waals surface area contributed by atoms with E-state index < -0.39 is 23.7 Å². The van der Waals surface area contributed by atoms with E-state index in [-0.39, 0.29) is 49.0 Å². The van der Waals surface area contributed by atoms with Gasteiger partial charge < -0.3 is 29.0 Å². The van der Waals surface area contributed by atoms with Crippen LogP contribution in [-0.2, 0) is 25.5 Å². The number of ether oxygens (including phenoxy) is 2. The highest BCUT2D eigenvalue weighted by atomic mass is 35.5. The number of esters is 1. The average molecular weight is 728 g/mol. The van der Waals surface area contributed by atoms with E-state index in [4.69, 9.17) is 40.4 Å². The molecule has 272 valence electrons. The number of hydrogen-bond acceptors (Lipinski definition) is 10. The molecule has 0 unspecified atom stereocenters. The number of furan rings is 1. The Kier molecular flexibility index (Phi) is 8.71. The van der Waals surface area contributed by atoms with Gasteiger partial charge in [0, 0.05) is 43.9 Å². The smallest absolute Gasteiger partial charge is 0.329 e. The van der Waals surface area contributed by atoms with Crippen LogP contribution in [-0.4, -0.2) is 86.1 Å². The lowest BCUT2D eigenvalue weighted by Gasteiger charge is -2.38. The highest BCUT2D eigenvalue weighted by Crippen LogP contribution is 2.41. The number of carbonyl (C=O) groups is 3. The molecular weight excluding hydrogens is 686 g/mol. The van der Waals surface area contributed by atoms with Crippen molar-refractivity contribution >= 4 is 68.3 Å². The van der Waals surface area contributed by atoms with Crippen molar-refractivity contribution in [2.45, 2.75) is 83.6 Å². The first-order valence-corrected chi connectivity index (χ1v) is 18.4. The standard InChI is InChI=1S/C38H42ClN7O6/c1-21-19-44-16-14-26(21)46-33-24(39)10-7-11-25(33)41-37(46)50-22-17-27(36(49)52-38(2,3)4)45(20-22)35-34-32(23-9-5-6-12-28(23)51-34)42-29(43-35)18-30(47)40-15-8-13-31(44)48/h5-7,9-12,21-22,26-27H,8,13-20H2,1-4H3,(H,40,47)/t21-,22-,26-,27-/m0/s1. The fourth-order valence-electron chi connectivity index (χ4n) is 7.81. The molecule has 3 aromatic heterocycles. The number of halogens is 1. The number of nitrogens with one attached hydrogen (secondary N) is 1. The molecule has 4 aliphatic heterocycles. The summed E-state index contributed by atoms with van der Waals surface area (Å²) in [7, 11) is 0. The second-order valence-corrected chi connectivity index (χ2v) is 15.5. The van der Waals surface area contributed by atoms with Crippen LogP contribution in [0.15, 0.2) is 46.9 Å². The maximum atomic E-state index is 14.0. The van der Waals surface area contributed by atoms with Crippen molar-refractivity contribution in [2.24, 2.45) is 5.92 Å². The maximum absolute atomic E-state index is 14.0. The number of anilines is 1. The number of imidazole rings is 1. The third-order valence-electron chi connectivity index (χ3n) is 10.1. The molecule has 5 aromatic rings. The lowest BCUT2D eigenvalue weighted by Crippen LogP contribution is -2.44. The quantitative estimate of drug-likeness (QED) is 0.216. The van der Waals surface area contributed by atoms with Crippen molar-refractivity contribution in [2.75, 3.05) is 31.1 Å². The van der Waals surface area contributed by atoms with E-state index in [0.717, 1.165) is 10.9 Å². The first-order valence-electron chi connectivity index (χ1n) is 18.0. The number of aromatic nitrogens is 4. The number of rotatable bonds is 1. The third kappa shape index (κ3) is 6.39. The summed E-state index contributed by atoms with van der Waals surface area (Å²) in [5.74, 6) is 0.0826. The van der Waals surface area contributed by atoms with E-state index in [1.54, 1.807) is 0 Å². The summed E-state index contributed by atoms with van der Waals surface area (Å²) >= 11 is 6.85. The van der Waals surface area contributed by atoms with Gasteiger partial charge in [-0.25, -0.2) is 14.8 Å². The van der Waals surface area contributed by atoms with Gasteiger partial charge in [0.05, 0.1) is 29.0 Å². The molecule has 4 aliphatic rings. The minimum absolute atomic E-state index is 0.0485. The first kappa shape index (κ1) is 34.2. The molecule has 52 heavy (non-hydrogen) atoms. The summed E-state index contributed by atoms with van der Waals surface area (Å²) in [5.41, 5.74) is 2.28. The fraction of sp³-hybridized carbons (Fsp3) is 0.474. The zero-order valence-corrected chi connectivity index (χ0v) is 30.5. The Labute approximate surface area is 305 Å². The predicted molar refractivity (Wildman–Crippen MR) is 195 cm³/mol. The Morgan fingerprint density at radius 1 is 1.06 bits per heavy atom. The van der Waals surface area contributed by atoms with Crippen molar-refractivity contribution in [3.63, 3.8) is 0 Å². The molecule has 7 heterocycles. The van der Waals surface area contributed by atoms with Crippen LogP contribution in [0.4, 0.5) is 5.82 Å². The van der Waals surface area contributed by atoms with E-state index in [1.165, 1.54) is 0 Å². The fourth-order valence-corrected chi connectivity index (χ4v) is 8.07. The van der Waals surface area contributed by atoms with Gasteiger partial charge in [0.2, 0.25) is 11.8 Å². The summed E-state index contributed by atoms with van der Waals surface area (Å²) < 4.78 is 21.2. The SMILES string of the molecule is C[C@H]1CN2CC[C@@H]1n1c(nc3cccc(Cl)c31)O[C@H]1C[C@@H](C(=O)OC(C)(C)C)N(C1)c1nc(nc3c1oc1ccccc13)CC(=O)NCCCC2=O. The minimum Gasteiger partial charge on any atom is -0.459 e. The second kappa shape index (κ2) is 13.3. The van der Waals surface area contributed by atoms with Crippen LogP contribution in [0.5, 0.6) is 6.01 Å². The van der Waals surface area contributed by atoms with Gasteiger partial charge in [0.25, 0.3) is 6.01 Å². The van der Waals surface area contributed by atoms with Crippen LogP contribution < -0.4 is 15.0 Å². The van der Waals surface area contributed by atoms with E-state index >= 15 is 0 Å². The van der Waals surface area contributed by atoms with E-state index in [0.29, 0.717) is 77.9 Å². The highest BCUT2D eigenvalue weighted by Gasteiger charge is 2.44. The molecule has 6 bridgehead atoms. The predicted octanol–water partition coefficient (Wildman–Crippen LogP) is 5.61. The molecule has 0 radical (unpaired) electrons. The number of carbonyl (C=O) groups excluding carboxylic acids is 3. The molecule has 9 rings (SSSR count). The Morgan fingerprint density at radius 2 is 1.88 bits per heavy atom. The van der Waals surface area contributed by atoms with Gasteiger partial charge in [-0.05, 0) is 63.8 Å². The number of para-hydroxylation sites is 2. The topological polar surface area (TPSA) is 145 Å². The second-order valence-electron chi connectivity index (χ2n) is 15.1. The van der Waals surface area contributed by atoms with Crippen molar-refractivity contribution < 1.29 is 28.3 Å². The van der Waals surface area contributed by atoms with Crippen molar-refractivity contribution in [3.8, 4) is 6.01 Å². The molecule has 2 amide bonds. The number of nitrogens with zero attached hydrogens (tertiary/aromatic N) is 6. The Bertz CT molecular complexity index is 2210. The third-order valence-corrected chi connectivity index (χ3v) is 10.4. The van der Waals surface area contributed by atoms with Gasteiger partial charge in [0.15, 0.2) is 11.4 Å². The van der Waals surface area contributed by atoms with Gasteiger partial charge in [-0.15, -0.1) is 0 Å². The van der Waals surface area contributed by atoms with Crippen molar-refractivity contribution in [1.82, 2.24) is 29.7 Å². The van der Waals surface area contributed by atoms with E-state index in [2.05, 4.69) is 16.8 Å². The van der Waals surface area contributed by atoms with Crippen LogP contribution in [0.2, 0.25) is 5.02 Å². The largest absolute Gasteiger partial charge is 0.459 e. The average Bonchev–Trinajstić information content (AvgIpc) is 3.79. The number of piperidine rings is 1. The van der Waals surface area contributed by atoms with Crippen LogP contribution in [0.1, 0.15) is 65.2 Å². The summed E-state index contributed by atoms with van der Waals surface area (Å²) in [6.07, 6.45) is 1.16. The van der Waals surface area contributed by atoms with Gasteiger partial charge in [0.1, 0.15) is 34.7 Å². The summed E-state index contributed by atoms with van der Waals surface area (Å²) in [4.78, 5) is 58.9. The molecule has 0 aliphatic carbocycles. The molecule has 1 N–H and O–H groups in total. The van der Waals surface area contributed by atoms with Crippen LogP contribution in [0, 0.1) is 5.92 Å². The minimum atomic E-state index is -0.791. The Balaban J connectivity index is 1.26. The summed E-state index contributed by atoms with van der Waals surface area (Å²) in [6.45, 7) is 9.36. The molecule has 2 fully saturated rings. The lowest BCUT2D eigenvalue weighted by atomic mass is 9.93. The van der Waals surface area contributed by atoms with Gasteiger partial charge in [-0.1, -0.05) is 36.7 Å². The van der Waals surface area contributed by atoms with Gasteiger partial charge >= 0.3 is 5.97 Å². The molecule has 0 saturated carbocycles. The van der Waals surface area contributed by atoms with E-state index in [9.17, 15) is 14.4 Å². The maximum Gasteiger partial charge on any atom is 0.329 e. The Morgan fingerprint density at radius 3 is 2.69 bits per heavy atom. The molecule has 4 atom stereocenters.